The maximum absolute atomic E-state index is 14.3. The second-order valence-electron chi connectivity index (χ2n) is 18.8. The van der Waals surface area contributed by atoms with Gasteiger partial charge in [-0.05, 0) is 80.0 Å². The number of methoxy groups -OCH3 is 1. The third kappa shape index (κ3) is 10.4. The van der Waals surface area contributed by atoms with Crippen molar-refractivity contribution in [1.82, 2.24) is 35.3 Å². The maximum atomic E-state index is 14.3. The van der Waals surface area contributed by atoms with E-state index in [4.69, 9.17) is 14.5 Å². The number of hydrogen-bond acceptors (Lipinski definition) is 13. The van der Waals surface area contributed by atoms with Crippen molar-refractivity contribution in [3.05, 3.63) is 123 Å². The summed E-state index contributed by atoms with van der Waals surface area (Å²) in [5.41, 5.74) is 9.57. The maximum Gasteiger partial charge on any atom is 0.308 e. The van der Waals surface area contributed by atoms with Gasteiger partial charge in [-0.15, -0.1) is 32.9 Å². The van der Waals surface area contributed by atoms with Gasteiger partial charge in [-0.25, -0.2) is 4.98 Å². The highest BCUT2D eigenvalue weighted by atomic mass is 32.1. The van der Waals surface area contributed by atoms with Crippen LogP contribution in [0.2, 0.25) is 0 Å². The Morgan fingerprint density at radius 1 is 0.913 bits per heavy atom. The number of carbonyl (C=O) groups is 4. The Kier molecular flexibility index (Phi) is 14.3. The van der Waals surface area contributed by atoms with Crippen LogP contribution < -0.4 is 15.4 Å². The molecule has 3 amide bonds. The molecule has 15 nitrogen and oxygen atoms in total. The third-order valence-corrected chi connectivity index (χ3v) is 15.0. The van der Waals surface area contributed by atoms with Gasteiger partial charge in [0, 0.05) is 29.0 Å². The Labute approximate surface area is 410 Å². The minimum atomic E-state index is -0.970. The smallest absolute Gasteiger partial charge is 0.308 e. The van der Waals surface area contributed by atoms with Crippen molar-refractivity contribution >= 4 is 52.1 Å². The number of thiophene rings is 1. The van der Waals surface area contributed by atoms with Crippen LogP contribution in [-0.2, 0) is 23.9 Å². The van der Waals surface area contributed by atoms with Gasteiger partial charge < -0.3 is 30.1 Å². The number of aromatic nitrogens is 4. The summed E-state index contributed by atoms with van der Waals surface area (Å²) in [5.74, 6) is 0.292. The number of carbonyl (C=O) groups excluding carboxylic acids is 4. The van der Waals surface area contributed by atoms with Gasteiger partial charge in [0.2, 0.25) is 17.7 Å². The van der Waals surface area contributed by atoms with Crippen molar-refractivity contribution in [2.75, 3.05) is 20.3 Å². The number of thiazole rings is 1. The summed E-state index contributed by atoms with van der Waals surface area (Å²) in [6, 6.07) is 20.8. The molecule has 0 spiro atoms. The van der Waals surface area contributed by atoms with Crippen LogP contribution in [0.1, 0.15) is 104 Å². The second-order valence-corrected chi connectivity index (χ2v) is 20.8. The average molecular weight is 971 g/mol. The Hall–Kier alpha value is -6.56. The van der Waals surface area contributed by atoms with Crippen molar-refractivity contribution < 1.29 is 33.8 Å². The zero-order chi connectivity index (χ0) is 49.3. The van der Waals surface area contributed by atoms with E-state index in [0.29, 0.717) is 17.4 Å². The van der Waals surface area contributed by atoms with E-state index in [-0.39, 0.29) is 50.3 Å². The fourth-order valence-electron chi connectivity index (χ4n) is 8.86. The minimum absolute atomic E-state index is 0.0171. The Balaban J connectivity index is 0.901. The van der Waals surface area contributed by atoms with Crippen LogP contribution in [0.25, 0.3) is 26.6 Å². The molecule has 5 heterocycles. The lowest BCUT2D eigenvalue weighted by Gasteiger charge is -2.35. The molecule has 17 heteroatoms. The van der Waals surface area contributed by atoms with Gasteiger partial charge in [0.25, 0.3) is 0 Å². The first-order chi connectivity index (χ1) is 32.9. The lowest BCUT2D eigenvalue weighted by molar-refractivity contribution is -0.144. The highest BCUT2D eigenvalue weighted by Crippen LogP contribution is 2.40. The van der Waals surface area contributed by atoms with E-state index in [9.17, 15) is 24.3 Å². The largest absolute Gasteiger partial charge is 0.493 e. The molecule has 360 valence electrons. The van der Waals surface area contributed by atoms with Crippen molar-refractivity contribution in [1.29, 1.82) is 0 Å². The predicted molar refractivity (Wildman–Crippen MR) is 267 cm³/mol. The molecule has 3 N–H and O–H groups in total. The Morgan fingerprint density at radius 3 is 2.30 bits per heavy atom. The van der Waals surface area contributed by atoms with Crippen LogP contribution in [0.5, 0.6) is 5.75 Å². The number of fused-ring (bicyclic) bond motifs is 3. The van der Waals surface area contributed by atoms with E-state index in [0.717, 1.165) is 65.1 Å². The number of ether oxygens (including phenoxy) is 2. The number of aliphatic hydroxyl groups excluding tert-OH is 1. The number of nitrogens with zero attached hydrogens (tertiary/aromatic N) is 6. The van der Waals surface area contributed by atoms with Gasteiger partial charge in [0.05, 0.1) is 60.5 Å². The average Bonchev–Trinajstić information content (AvgIpc) is 4.09. The van der Waals surface area contributed by atoms with Crippen molar-refractivity contribution in [3.8, 4) is 32.3 Å². The molecule has 6 aromatic rings. The summed E-state index contributed by atoms with van der Waals surface area (Å²) < 4.78 is 13.1. The number of esters is 1. The highest BCUT2D eigenvalue weighted by molar-refractivity contribution is 7.15. The third-order valence-electron chi connectivity index (χ3n) is 12.8. The summed E-state index contributed by atoms with van der Waals surface area (Å²) in [5, 5.41) is 26.4. The van der Waals surface area contributed by atoms with E-state index in [1.165, 1.54) is 12.0 Å². The van der Waals surface area contributed by atoms with Crippen LogP contribution in [-0.4, -0.2) is 97.6 Å². The number of likely N-dealkylation sites (tertiary alicyclic amines) is 1. The summed E-state index contributed by atoms with van der Waals surface area (Å²) in [6.07, 6.45) is -0.809. The summed E-state index contributed by atoms with van der Waals surface area (Å²) >= 11 is 3.22. The monoisotopic (exact) mass is 970 g/mol. The first-order valence-electron chi connectivity index (χ1n) is 23.0. The second kappa shape index (κ2) is 20.2. The molecule has 0 saturated carbocycles. The molecule has 2 aliphatic rings. The molecular formula is C52H58N8O7S2. The first-order valence-corrected chi connectivity index (χ1v) is 24.7. The molecule has 3 aromatic heterocycles. The van der Waals surface area contributed by atoms with E-state index < -0.39 is 41.5 Å². The van der Waals surface area contributed by atoms with Gasteiger partial charge in [0.15, 0.2) is 5.82 Å². The zero-order valence-corrected chi connectivity index (χ0v) is 42.0. The van der Waals surface area contributed by atoms with Gasteiger partial charge in [-0.3, -0.25) is 28.7 Å². The number of rotatable bonds is 14. The molecular weight excluding hydrogens is 913 g/mol. The number of nitrogens with one attached hydrogen (secondary N) is 2. The SMILES string of the molecule is COC(=O)C[C@@H]1N=C(c2ccc(-c3cccc(OCCC(=O)N[C@H](C(=O)N4C[C@H](O)C[C@H]4C(=O)N[C@@H](C)c4ccc(-c5scnc5C)cc4)C(C)(C)C)c3)cc2)c2c(sc(C)c2C)-n2c(C)nnc21. The fraction of sp³-hybridized carbons (Fsp3) is 0.385. The van der Waals surface area contributed by atoms with Crippen LogP contribution in [0, 0.1) is 33.1 Å². The lowest BCUT2D eigenvalue weighted by atomic mass is 9.85. The number of aliphatic imine (C=N–C) groups is 1. The quantitative estimate of drug-likeness (QED) is 0.0904. The predicted octanol–water partition coefficient (Wildman–Crippen LogP) is 7.95. The fourth-order valence-corrected chi connectivity index (χ4v) is 10.9. The number of aliphatic hydroxyl groups is 1. The minimum Gasteiger partial charge on any atom is -0.493 e. The highest BCUT2D eigenvalue weighted by Gasteiger charge is 2.45. The molecule has 8 rings (SSSR count). The normalized spacial score (nSPS) is 17.5. The molecule has 0 bridgehead atoms. The van der Waals surface area contributed by atoms with Crippen LogP contribution in [0.15, 0.2) is 83.3 Å². The van der Waals surface area contributed by atoms with E-state index in [1.54, 1.807) is 22.7 Å². The van der Waals surface area contributed by atoms with E-state index >= 15 is 0 Å². The molecule has 2 aliphatic heterocycles. The van der Waals surface area contributed by atoms with Crippen LogP contribution >= 0.6 is 22.7 Å². The Morgan fingerprint density at radius 2 is 1.62 bits per heavy atom. The first kappa shape index (κ1) is 48.9. The van der Waals surface area contributed by atoms with Crippen molar-refractivity contribution in [2.24, 2.45) is 10.4 Å². The van der Waals surface area contributed by atoms with Gasteiger partial charge in [-0.1, -0.05) is 81.4 Å². The number of β-amino-alcohol motifs (C(OH)–C–C–N with tert-alkyl or cyclic N) is 1. The number of hydrogen-bond donors (Lipinski definition) is 3. The molecule has 0 radical (unpaired) electrons. The number of aryl methyl sites for hydroxylation is 3. The standard InChI is InChI=1S/C52H58N8O7S2/c1-28-31(4)69-51-44(28)45(55-40(25-43(63)66-9)48-58-57-32(5)60(48)51)35-17-15-34(16-18-35)37-11-10-12-39(23-37)67-22-21-42(62)56-47(52(6,7)8)50(65)59-26-38(61)24-41(59)49(64)54-29(2)33-13-19-36(20-14-33)46-30(3)53-27-68-46/h10-20,23,27,29,38,40-41,47,61H,21-22,24-26H2,1-9H3,(H,54,64)(H,56,62)/t29-,38+,40-,41-,47+/m0/s1. The molecule has 1 saturated heterocycles. The molecule has 3 aromatic carbocycles. The van der Waals surface area contributed by atoms with E-state index in [2.05, 4.69) is 39.7 Å². The van der Waals surface area contributed by atoms with Gasteiger partial charge >= 0.3 is 5.97 Å². The van der Waals surface area contributed by atoms with Crippen molar-refractivity contribution in [2.45, 2.75) is 105 Å². The molecule has 5 atom stereocenters. The Bertz CT molecular complexity index is 2910. The lowest BCUT2D eigenvalue weighted by Crippen LogP contribution is -2.58. The molecule has 1 fully saturated rings. The van der Waals surface area contributed by atoms with Gasteiger partial charge in [0.1, 0.15) is 34.7 Å². The molecule has 0 aliphatic carbocycles. The van der Waals surface area contributed by atoms with Crippen LogP contribution in [0.3, 0.4) is 0 Å². The molecule has 69 heavy (non-hydrogen) atoms. The molecule has 0 unspecified atom stereocenters. The summed E-state index contributed by atoms with van der Waals surface area (Å²) in [6.45, 7) is 15.5. The number of benzene rings is 3. The summed E-state index contributed by atoms with van der Waals surface area (Å²) in [4.78, 5) is 67.2. The number of amides is 3. The van der Waals surface area contributed by atoms with Crippen LogP contribution in [0.4, 0.5) is 0 Å². The zero-order valence-electron chi connectivity index (χ0n) is 40.3. The van der Waals surface area contributed by atoms with Crippen molar-refractivity contribution in [3.63, 3.8) is 0 Å². The van der Waals surface area contributed by atoms with E-state index in [1.807, 2.05) is 124 Å². The topological polar surface area (TPSA) is 190 Å². The van der Waals surface area contributed by atoms with Gasteiger partial charge in [-0.2, -0.15) is 0 Å². The summed E-state index contributed by atoms with van der Waals surface area (Å²) in [7, 11) is 1.36.